The highest BCUT2D eigenvalue weighted by molar-refractivity contribution is 5.98. The molecule has 0 radical (unpaired) electrons. The van der Waals surface area contributed by atoms with E-state index in [2.05, 4.69) is 54.9 Å². The van der Waals surface area contributed by atoms with Gasteiger partial charge in [0.2, 0.25) is 11.8 Å². The fourth-order valence-corrected chi connectivity index (χ4v) is 5.70. The summed E-state index contributed by atoms with van der Waals surface area (Å²) in [5.74, 6) is 0.498. The first-order valence-electron chi connectivity index (χ1n) is 14.3. The zero-order valence-corrected chi connectivity index (χ0v) is 24.4. The topological polar surface area (TPSA) is 168 Å². The van der Waals surface area contributed by atoms with Crippen LogP contribution in [0.2, 0.25) is 0 Å². The third kappa shape index (κ3) is 6.28. The Bertz CT molecular complexity index is 1640. The van der Waals surface area contributed by atoms with Crippen LogP contribution in [0.15, 0.2) is 71.4 Å². The molecule has 2 aromatic heterocycles. The van der Waals surface area contributed by atoms with Crippen LogP contribution in [0.3, 0.4) is 0 Å². The Morgan fingerprint density at radius 2 is 1.98 bits per heavy atom. The van der Waals surface area contributed by atoms with Gasteiger partial charge in [0, 0.05) is 49.5 Å². The van der Waals surface area contributed by atoms with E-state index in [9.17, 15) is 14.8 Å². The molecular formula is C31H38N8O4. The SMILES string of the molecule is C=C(N)NCCCC(C(N)=O)n1c(-c2ccc(NO)o2)nc2cc(C(=O)N3CCN(c4cccc(C)c4)C(C)C3)ccc21. The molecule has 0 saturated carbocycles. The number of aryl methyl sites for hydroxylation is 1. The number of piperazine rings is 1. The number of primary amides is 1. The number of benzene rings is 2. The van der Waals surface area contributed by atoms with Gasteiger partial charge in [0.25, 0.3) is 5.91 Å². The zero-order valence-electron chi connectivity index (χ0n) is 24.4. The predicted octanol–water partition coefficient (Wildman–Crippen LogP) is 3.58. The summed E-state index contributed by atoms with van der Waals surface area (Å²) >= 11 is 0. The van der Waals surface area contributed by atoms with Crippen molar-refractivity contribution in [3.63, 3.8) is 0 Å². The van der Waals surface area contributed by atoms with Gasteiger partial charge >= 0.3 is 0 Å². The molecule has 12 heteroatoms. The van der Waals surface area contributed by atoms with Crippen LogP contribution in [-0.4, -0.2) is 63.7 Å². The minimum Gasteiger partial charge on any atom is -0.435 e. The van der Waals surface area contributed by atoms with Gasteiger partial charge in [-0.2, -0.15) is 0 Å². The van der Waals surface area contributed by atoms with Crippen LogP contribution in [-0.2, 0) is 4.79 Å². The molecule has 3 heterocycles. The normalized spacial score (nSPS) is 15.8. The van der Waals surface area contributed by atoms with E-state index in [4.69, 9.17) is 20.9 Å². The summed E-state index contributed by atoms with van der Waals surface area (Å²) in [6.07, 6.45) is 0.970. The maximum absolute atomic E-state index is 13.7. The number of aromatic nitrogens is 2. The molecular weight excluding hydrogens is 548 g/mol. The second kappa shape index (κ2) is 12.5. The summed E-state index contributed by atoms with van der Waals surface area (Å²) < 4.78 is 7.43. The molecule has 1 aliphatic heterocycles. The molecule has 1 fully saturated rings. The van der Waals surface area contributed by atoms with Crippen molar-refractivity contribution in [2.24, 2.45) is 11.5 Å². The quantitative estimate of drug-likeness (QED) is 0.130. The van der Waals surface area contributed by atoms with Crippen LogP contribution >= 0.6 is 0 Å². The number of rotatable bonds is 11. The average molecular weight is 587 g/mol. The molecule has 2 aromatic carbocycles. The van der Waals surface area contributed by atoms with Crippen LogP contribution < -0.4 is 27.2 Å². The Morgan fingerprint density at radius 1 is 1.16 bits per heavy atom. The number of hydrogen-bond donors (Lipinski definition) is 5. The number of anilines is 2. The first-order valence-corrected chi connectivity index (χ1v) is 14.3. The molecule has 43 heavy (non-hydrogen) atoms. The van der Waals surface area contributed by atoms with Gasteiger partial charge in [0.05, 0.1) is 16.9 Å². The number of imidazole rings is 1. The first-order chi connectivity index (χ1) is 20.7. The van der Waals surface area contributed by atoms with E-state index >= 15 is 0 Å². The zero-order chi connectivity index (χ0) is 30.7. The molecule has 0 bridgehead atoms. The molecule has 7 N–H and O–H groups in total. The lowest BCUT2D eigenvalue weighted by Crippen LogP contribution is -2.53. The Hall–Kier alpha value is -4.97. The molecule has 5 rings (SSSR count). The van der Waals surface area contributed by atoms with Crippen LogP contribution in [0.1, 0.15) is 41.7 Å². The number of nitrogens with one attached hydrogen (secondary N) is 2. The minimum atomic E-state index is -0.763. The third-order valence-electron chi connectivity index (χ3n) is 7.77. The lowest BCUT2D eigenvalue weighted by molar-refractivity contribution is -0.121. The highest BCUT2D eigenvalue weighted by Gasteiger charge is 2.30. The molecule has 2 amide bonds. The molecule has 1 saturated heterocycles. The Morgan fingerprint density at radius 3 is 2.65 bits per heavy atom. The van der Waals surface area contributed by atoms with Gasteiger partial charge in [-0.25, -0.2) is 10.5 Å². The summed E-state index contributed by atoms with van der Waals surface area (Å²) in [4.78, 5) is 35.4. The van der Waals surface area contributed by atoms with Crippen molar-refractivity contribution in [2.45, 2.75) is 38.8 Å². The van der Waals surface area contributed by atoms with Crippen molar-refractivity contribution in [3.05, 3.63) is 78.1 Å². The Labute approximate surface area is 249 Å². The fraction of sp³-hybridized carbons (Fsp3) is 0.323. The molecule has 1 aliphatic rings. The van der Waals surface area contributed by atoms with E-state index < -0.39 is 11.9 Å². The number of fused-ring (bicyclic) bond motifs is 1. The number of carbonyl (C=O) groups excluding carboxylic acids is 2. The smallest absolute Gasteiger partial charge is 0.254 e. The predicted molar refractivity (Wildman–Crippen MR) is 166 cm³/mol. The second-order valence-electron chi connectivity index (χ2n) is 10.9. The number of nitrogens with zero attached hydrogens (tertiary/aromatic N) is 4. The van der Waals surface area contributed by atoms with E-state index in [0.717, 1.165) is 12.2 Å². The van der Waals surface area contributed by atoms with Gasteiger partial charge in [-0.15, -0.1) is 0 Å². The Balaban J connectivity index is 1.44. The van der Waals surface area contributed by atoms with Crippen molar-refractivity contribution in [2.75, 3.05) is 36.6 Å². The lowest BCUT2D eigenvalue weighted by atomic mass is 10.1. The summed E-state index contributed by atoms with van der Waals surface area (Å²) in [7, 11) is 0. The van der Waals surface area contributed by atoms with Gasteiger partial charge in [-0.05, 0) is 68.7 Å². The van der Waals surface area contributed by atoms with E-state index in [-0.39, 0.29) is 17.8 Å². The van der Waals surface area contributed by atoms with E-state index in [1.807, 2.05) is 10.4 Å². The Kier molecular flexibility index (Phi) is 8.58. The summed E-state index contributed by atoms with van der Waals surface area (Å²) in [6, 6.07) is 16.2. The molecule has 0 aliphatic carbocycles. The number of nitrogens with two attached hydrogens (primary N) is 2. The average Bonchev–Trinajstić information content (AvgIpc) is 3.61. The maximum atomic E-state index is 13.7. The van der Waals surface area contributed by atoms with Crippen LogP contribution in [0.25, 0.3) is 22.6 Å². The number of amides is 2. The lowest BCUT2D eigenvalue weighted by Gasteiger charge is -2.41. The van der Waals surface area contributed by atoms with E-state index in [1.54, 1.807) is 34.9 Å². The van der Waals surface area contributed by atoms with Crippen LogP contribution in [0.4, 0.5) is 11.6 Å². The molecule has 0 spiro atoms. The fourth-order valence-electron chi connectivity index (χ4n) is 5.70. The van der Waals surface area contributed by atoms with Crippen molar-refractivity contribution >= 4 is 34.4 Å². The summed E-state index contributed by atoms with van der Waals surface area (Å²) in [5, 5.41) is 12.3. The molecule has 12 nitrogen and oxygen atoms in total. The molecule has 2 unspecified atom stereocenters. The van der Waals surface area contributed by atoms with Gasteiger partial charge in [-0.1, -0.05) is 18.7 Å². The summed E-state index contributed by atoms with van der Waals surface area (Å²) in [5.41, 5.74) is 17.5. The highest BCUT2D eigenvalue weighted by Crippen LogP contribution is 2.33. The van der Waals surface area contributed by atoms with E-state index in [1.165, 1.54) is 5.56 Å². The van der Waals surface area contributed by atoms with E-state index in [0.29, 0.717) is 66.5 Å². The summed E-state index contributed by atoms with van der Waals surface area (Å²) in [6.45, 7) is 10.2. The molecule has 226 valence electrons. The molecule has 2 atom stereocenters. The van der Waals surface area contributed by atoms with Crippen molar-refractivity contribution in [3.8, 4) is 11.6 Å². The van der Waals surface area contributed by atoms with Gasteiger partial charge < -0.3 is 35.6 Å². The van der Waals surface area contributed by atoms with Gasteiger partial charge in [0.15, 0.2) is 11.6 Å². The minimum absolute atomic E-state index is 0.0851. The molecule has 4 aromatic rings. The first kappa shape index (κ1) is 29.5. The number of carbonyl (C=O) groups is 2. The highest BCUT2D eigenvalue weighted by atomic mass is 16.5. The van der Waals surface area contributed by atoms with Gasteiger partial charge in [-0.3, -0.25) is 14.8 Å². The maximum Gasteiger partial charge on any atom is 0.254 e. The second-order valence-corrected chi connectivity index (χ2v) is 10.9. The van der Waals surface area contributed by atoms with Crippen molar-refractivity contribution in [1.82, 2.24) is 19.8 Å². The van der Waals surface area contributed by atoms with Crippen LogP contribution in [0, 0.1) is 6.92 Å². The van der Waals surface area contributed by atoms with Crippen molar-refractivity contribution in [1.29, 1.82) is 0 Å². The van der Waals surface area contributed by atoms with Crippen LogP contribution in [0.5, 0.6) is 0 Å². The standard InChI is InChI=1S/C31H38N8O4/c1-19-6-4-7-23(16-19)38-15-14-37(18-20(38)2)31(41)22-9-10-25-24(17-22)35-30(27-11-12-28(36-42)43-27)39(25)26(29(33)40)8-5-13-34-21(3)32/h4,6-7,9-12,16-17,20,26,34,36,42H,3,5,8,13-15,18,32H2,1-2H3,(H2,33,40). The third-order valence-corrected chi connectivity index (χ3v) is 7.77. The largest absolute Gasteiger partial charge is 0.435 e. The number of hydrogen-bond acceptors (Lipinski definition) is 9. The van der Waals surface area contributed by atoms with Crippen molar-refractivity contribution < 1.29 is 19.2 Å². The number of furan rings is 1. The monoisotopic (exact) mass is 586 g/mol. The van der Waals surface area contributed by atoms with Gasteiger partial charge in [0.1, 0.15) is 6.04 Å².